The highest BCUT2D eigenvalue weighted by Crippen LogP contribution is 2.06. The van der Waals surface area contributed by atoms with Crippen LogP contribution in [0.2, 0.25) is 0 Å². The molecule has 0 aromatic carbocycles. The lowest BCUT2D eigenvalue weighted by Crippen LogP contribution is -2.50. The first-order valence-corrected chi connectivity index (χ1v) is 6.63. The Labute approximate surface area is 108 Å². The molecule has 18 heavy (non-hydrogen) atoms. The van der Waals surface area contributed by atoms with E-state index in [1.54, 1.807) is 0 Å². The molecule has 2 rings (SSSR count). The zero-order valence-electron chi connectivity index (χ0n) is 11.0. The Balaban J connectivity index is 1.68. The van der Waals surface area contributed by atoms with E-state index in [1.165, 1.54) is 0 Å². The Hall–Kier alpha value is -0.690. The van der Waals surface area contributed by atoms with Crippen LogP contribution in [0.3, 0.4) is 0 Å². The van der Waals surface area contributed by atoms with Gasteiger partial charge in [-0.2, -0.15) is 0 Å². The van der Waals surface area contributed by atoms with Crippen LogP contribution < -0.4 is 0 Å². The Kier molecular flexibility index (Phi) is 4.94. The molecule has 104 valence electrons. The third kappa shape index (κ3) is 3.91. The average molecular weight is 257 g/mol. The molecule has 2 heterocycles. The van der Waals surface area contributed by atoms with E-state index in [9.17, 15) is 4.79 Å². The maximum Gasteiger partial charge on any atom is 0.334 e. The Morgan fingerprint density at radius 1 is 1.17 bits per heavy atom. The number of morpholine rings is 1. The summed E-state index contributed by atoms with van der Waals surface area (Å²) in [5.74, 6) is -0.848. The predicted molar refractivity (Wildman–Crippen MR) is 67.8 cm³/mol. The number of hydrogen-bond donors (Lipinski definition) is 1. The molecule has 0 spiro atoms. The first-order chi connectivity index (χ1) is 8.65. The quantitative estimate of drug-likeness (QED) is 0.698. The monoisotopic (exact) mass is 257 g/mol. The van der Waals surface area contributed by atoms with Gasteiger partial charge in [0.15, 0.2) is 6.10 Å². The van der Waals surface area contributed by atoms with Crippen molar-refractivity contribution in [3.05, 3.63) is 0 Å². The van der Waals surface area contributed by atoms with Crippen molar-refractivity contribution in [2.75, 3.05) is 66.0 Å². The number of rotatable bonds is 4. The summed E-state index contributed by atoms with van der Waals surface area (Å²) in [5, 5.41) is 8.93. The van der Waals surface area contributed by atoms with E-state index < -0.39 is 12.1 Å². The van der Waals surface area contributed by atoms with Gasteiger partial charge in [0.2, 0.25) is 0 Å². The molecule has 0 aromatic rings. The van der Waals surface area contributed by atoms with Crippen molar-refractivity contribution in [3.8, 4) is 0 Å². The van der Waals surface area contributed by atoms with Gasteiger partial charge in [0.25, 0.3) is 0 Å². The summed E-state index contributed by atoms with van der Waals surface area (Å²) in [4.78, 5) is 17.9. The van der Waals surface area contributed by atoms with Crippen molar-refractivity contribution in [1.82, 2.24) is 14.7 Å². The smallest absolute Gasteiger partial charge is 0.334 e. The van der Waals surface area contributed by atoms with Crippen molar-refractivity contribution in [2.45, 2.75) is 6.10 Å². The Morgan fingerprint density at radius 3 is 2.50 bits per heavy atom. The lowest BCUT2D eigenvalue weighted by Gasteiger charge is -2.35. The van der Waals surface area contributed by atoms with Crippen LogP contribution in [0.5, 0.6) is 0 Å². The van der Waals surface area contributed by atoms with Crippen molar-refractivity contribution in [1.29, 1.82) is 0 Å². The van der Waals surface area contributed by atoms with Gasteiger partial charge in [-0.05, 0) is 7.05 Å². The standard InChI is InChI=1S/C12H23N3O3/c1-13-2-4-14(5-3-13)6-7-15-8-9-18-11(10-15)12(16)17/h11H,2-10H2,1H3,(H,16,17). The van der Waals surface area contributed by atoms with E-state index in [4.69, 9.17) is 9.84 Å². The molecule has 0 saturated carbocycles. The van der Waals surface area contributed by atoms with Gasteiger partial charge >= 0.3 is 5.97 Å². The molecular weight excluding hydrogens is 234 g/mol. The lowest BCUT2D eigenvalue weighted by molar-refractivity contribution is -0.156. The van der Waals surface area contributed by atoms with E-state index in [0.29, 0.717) is 13.2 Å². The SMILES string of the molecule is CN1CCN(CCN2CCOC(C(=O)O)C2)CC1. The molecule has 0 aromatic heterocycles. The Bertz CT molecular complexity index is 280. The molecular formula is C12H23N3O3. The molecule has 2 saturated heterocycles. The molecule has 2 aliphatic heterocycles. The normalized spacial score (nSPS) is 28.4. The summed E-state index contributed by atoms with van der Waals surface area (Å²) in [6, 6.07) is 0. The van der Waals surface area contributed by atoms with Crippen LogP contribution in [0.25, 0.3) is 0 Å². The number of ether oxygens (including phenoxy) is 1. The van der Waals surface area contributed by atoms with Crippen LogP contribution >= 0.6 is 0 Å². The van der Waals surface area contributed by atoms with Gasteiger partial charge in [0.05, 0.1) is 6.61 Å². The minimum absolute atomic E-state index is 0.517. The molecule has 1 unspecified atom stereocenters. The van der Waals surface area contributed by atoms with Crippen molar-refractivity contribution in [3.63, 3.8) is 0 Å². The van der Waals surface area contributed by atoms with Crippen LogP contribution in [-0.2, 0) is 9.53 Å². The fourth-order valence-corrected chi connectivity index (χ4v) is 2.41. The second kappa shape index (κ2) is 6.47. The maximum absolute atomic E-state index is 10.9. The van der Waals surface area contributed by atoms with Crippen LogP contribution in [0, 0.1) is 0 Å². The number of carbonyl (C=O) groups is 1. The second-order valence-corrected chi connectivity index (χ2v) is 5.14. The van der Waals surface area contributed by atoms with E-state index in [2.05, 4.69) is 21.7 Å². The third-order valence-electron chi connectivity index (χ3n) is 3.75. The summed E-state index contributed by atoms with van der Waals surface area (Å²) >= 11 is 0. The van der Waals surface area contributed by atoms with Gasteiger partial charge in [-0.3, -0.25) is 9.80 Å². The minimum Gasteiger partial charge on any atom is -0.479 e. The van der Waals surface area contributed by atoms with Gasteiger partial charge in [-0.25, -0.2) is 4.79 Å². The summed E-state index contributed by atoms with van der Waals surface area (Å²) in [6.45, 7) is 8.34. The molecule has 6 nitrogen and oxygen atoms in total. The molecule has 0 radical (unpaired) electrons. The summed E-state index contributed by atoms with van der Waals surface area (Å²) in [5.41, 5.74) is 0. The second-order valence-electron chi connectivity index (χ2n) is 5.14. The highest BCUT2D eigenvalue weighted by molar-refractivity contribution is 5.72. The van der Waals surface area contributed by atoms with Gasteiger partial charge < -0.3 is 14.7 Å². The fourth-order valence-electron chi connectivity index (χ4n) is 2.41. The Morgan fingerprint density at radius 2 is 1.83 bits per heavy atom. The zero-order chi connectivity index (χ0) is 13.0. The van der Waals surface area contributed by atoms with Crippen LogP contribution in [0.4, 0.5) is 0 Å². The minimum atomic E-state index is -0.848. The third-order valence-corrected chi connectivity index (χ3v) is 3.75. The maximum atomic E-state index is 10.9. The van der Waals surface area contributed by atoms with Crippen LogP contribution in [-0.4, -0.2) is 97.9 Å². The van der Waals surface area contributed by atoms with Crippen molar-refractivity contribution < 1.29 is 14.6 Å². The lowest BCUT2D eigenvalue weighted by atomic mass is 10.2. The van der Waals surface area contributed by atoms with Crippen molar-refractivity contribution >= 4 is 5.97 Å². The topological polar surface area (TPSA) is 56.2 Å². The molecule has 2 aliphatic rings. The first-order valence-electron chi connectivity index (χ1n) is 6.63. The molecule has 6 heteroatoms. The molecule has 0 aliphatic carbocycles. The fraction of sp³-hybridized carbons (Fsp3) is 0.917. The number of nitrogens with zero attached hydrogens (tertiary/aromatic N) is 3. The number of carboxylic acid groups (broad SMARTS) is 1. The number of likely N-dealkylation sites (N-methyl/N-ethyl adjacent to an activating group) is 1. The first kappa shape index (κ1) is 13.7. The van der Waals surface area contributed by atoms with Gasteiger partial charge in [-0.1, -0.05) is 0 Å². The van der Waals surface area contributed by atoms with Crippen molar-refractivity contribution in [2.24, 2.45) is 0 Å². The van der Waals surface area contributed by atoms with Crippen LogP contribution in [0.15, 0.2) is 0 Å². The van der Waals surface area contributed by atoms with E-state index >= 15 is 0 Å². The van der Waals surface area contributed by atoms with Crippen LogP contribution in [0.1, 0.15) is 0 Å². The van der Waals surface area contributed by atoms with E-state index in [-0.39, 0.29) is 0 Å². The number of aliphatic carboxylic acids is 1. The summed E-state index contributed by atoms with van der Waals surface area (Å²) in [7, 11) is 2.15. The van der Waals surface area contributed by atoms with Gasteiger partial charge in [0.1, 0.15) is 0 Å². The average Bonchev–Trinajstić information content (AvgIpc) is 2.38. The molecule has 1 N–H and O–H groups in total. The zero-order valence-corrected chi connectivity index (χ0v) is 11.0. The van der Waals surface area contributed by atoms with E-state index in [1.807, 2.05) is 0 Å². The summed E-state index contributed by atoms with van der Waals surface area (Å²) < 4.78 is 5.21. The number of piperazine rings is 1. The highest BCUT2D eigenvalue weighted by atomic mass is 16.5. The number of hydrogen-bond acceptors (Lipinski definition) is 5. The molecule has 2 fully saturated rings. The highest BCUT2D eigenvalue weighted by Gasteiger charge is 2.26. The van der Waals surface area contributed by atoms with Gasteiger partial charge in [-0.15, -0.1) is 0 Å². The molecule has 0 amide bonds. The largest absolute Gasteiger partial charge is 0.479 e. The van der Waals surface area contributed by atoms with Gasteiger partial charge in [0, 0.05) is 52.4 Å². The molecule has 1 atom stereocenters. The number of carboxylic acids is 1. The summed E-state index contributed by atoms with van der Waals surface area (Å²) in [6.07, 6.45) is -0.647. The predicted octanol–water partition coefficient (Wildman–Crippen LogP) is -0.981. The molecule has 0 bridgehead atoms. The van der Waals surface area contributed by atoms with E-state index in [0.717, 1.165) is 45.8 Å².